The van der Waals surface area contributed by atoms with E-state index >= 15 is 0 Å². The summed E-state index contributed by atoms with van der Waals surface area (Å²) in [4.78, 5) is 21.6. The maximum atomic E-state index is 12.9. The van der Waals surface area contributed by atoms with E-state index < -0.39 is 0 Å². The lowest BCUT2D eigenvalue weighted by Gasteiger charge is -2.30. The summed E-state index contributed by atoms with van der Waals surface area (Å²) in [5, 5.41) is 2.93. The molecule has 148 valence electrons. The molecule has 4 rings (SSSR count). The van der Waals surface area contributed by atoms with Crippen molar-refractivity contribution in [3.8, 4) is 5.75 Å². The number of ether oxygens (including phenoxy) is 1. The molecule has 0 radical (unpaired) electrons. The number of nitrogens with zero attached hydrogens (tertiary/aromatic N) is 3. The van der Waals surface area contributed by atoms with Crippen LogP contribution in [-0.4, -0.2) is 60.1 Å². The number of nitrogens with one attached hydrogen (secondary N) is 1. The molecule has 2 saturated heterocycles. The number of carbonyl (C=O) groups excluding carboxylic acids is 1. The van der Waals surface area contributed by atoms with E-state index in [1.807, 2.05) is 4.90 Å². The van der Waals surface area contributed by atoms with E-state index in [1.165, 1.54) is 5.56 Å². The minimum absolute atomic E-state index is 0.0824. The van der Waals surface area contributed by atoms with Gasteiger partial charge in [0.05, 0.1) is 13.3 Å². The number of amides is 2. The normalized spacial score (nSPS) is 22.4. The van der Waals surface area contributed by atoms with Gasteiger partial charge in [0.1, 0.15) is 11.6 Å². The highest BCUT2D eigenvalue weighted by Crippen LogP contribution is 2.35. The molecule has 0 spiro atoms. The summed E-state index contributed by atoms with van der Waals surface area (Å²) in [5.74, 6) is 1.68. The van der Waals surface area contributed by atoms with Crippen molar-refractivity contribution in [3.63, 3.8) is 0 Å². The van der Waals surface area contributed by atoms with Crippen LogP contribution in [-0.2, 0) is 0 Å². The van der Waals surface area contributed by atoms with E-state index in [0.717, 1.165) is 43.5 Å². The van der Waals surface area contributed by atoms with Gasteiger partial charge in [-0.2, -0.15) is 0 Å². The van der Waals surface area contributed by atoms with E-state index in [0.29, 0.717) is 23.5 Å². The highest BCUT2D eigenvalue weighted by molar-refractivity contribution is 9.10. The third kappa shape index (κ3) is 4.15. The lowest BCUT2D eigenvalue weighted by molar-refractivity contribution is 0.196. The number of anilines is 1. The fraction of sp³-hybridized carbons (Fsp3) is 0.429. The Morgan fingerprint density at radius 1 is 1.18 bits per heavy atom. The first-order valence-corrected chi connectivity index (χ1v) is 10.5. The van der Waals surface area contributed by atoms with Gasteiger partial charge in [0.2, 0.25) is 0 Å². The van der Waals surface area contributed by atoms with E-state index in [1.54, 1.807) is 25.4 Å². The number of fused-ring (bicyclic) bond motifs is 1. The molecular formula is C21H25BrN4O2. The van der Waals surface area contributed by atoms with Gasteiger partial charge in [0, 0.05) is 36.1 Å². The van der Waals surface area contributed by atoms with E-state index in [-0.39, 0.29) is 6.03 Å². The fourth-order valence-electron chi connectivity index (χ4n) is 4.27. The standard InChI is InChI=1S/C21H25BrN4O2/c1-28-17-7-8-20(23-13-17)24-21(27)26-11-2-10-25-12-9-18(19(25)14-26)15-3-5-16(22)6-4-15/h3-8,13,18-19H,2,9-12,14H2,1H3,(H,23,24,27)/t18-,19+/m1/s1. The monoisotopic (exact) mass is 444 g/mol. The van der Waals surface area contributed by atoms with Crippen LogP contribution in [0.1, 0.15) is 24.3 Å². The summed E-state index contributed by atoms with van der Waals surface area (Å²) in [6.07, 6.45) is 3.75. The number of aromatic nitrogens is 1. The average Bonchev–Trinajstić information content (AvgIpc) is 2.98. The zero-order valence-corrected chi connectivity index (χ0v) is 17.6. The summed E-state index contributed by atoms with van der Waals surface area (Å²) in [6, 6.07) is 12.5. The van der Waals surface area contributed by atoms with Crippen molar-refractivity contribution in [3.05, 3.63) is 52.6 Å². The molecule has 28 heavy (non-hydrogen) atoms. The van der Waals surface area contributed by atoms with E-state index in [4.69, 9.17) is 4.74 Å². The predicted octanol–water partition coefficient (Wildman–Crippen LogP) is 3.95. The van der Waals surface area contributed by atoms with Crippen molar-refractivity contribution in [2.24, 2.45) is 0 Å². The van der Waals surface area contributed by atoms with E-state index in [2.05, 4.69) is 55.4 Å². The molecule has 0 bridgehead atoms. The van der Waals surface area contributed by atoms with Gasteiger partial charge in [-0.05, 0) is 49.2 Å². The number of halogens is 1. The van der Waals surface area contributed by atoms with Crippen LogP contribution in [0.25, 0.3) is 0 Å². The molecule has 6 nitrogen and oxygen atoms in total. The number of pyridine rings is 1. The third-order valence-electron chi connectivity index (χ3n) is 5.73. The number of benzene rings is 1. The molecule has 1 aromatic carbocycles. The molecule has 2 fully saturated rings. The molecule has 2 aliphatic rings. The van der Waals surface area contributed by atoms with Gasteiger partial charge in [-0.3, -0.25) is 10.2 Å². The van der Waals surface area contributed by atoms with Gasteiger partial charge in [-0.15, -0.1) is 0 Å². The predicted molar refractivity (Wildman–Crippen MR) is 113 cm³/mol. The molecule has 0 saturated carbocycles. The molecular weight excluding hydrogens is 420 g/mol. The van der Waals surface area contributed by atoms with Gasteiger partial charge in [0.15, 0.2) is 0 Å². The SMILES string of the molecule is COc1ccc(NC(=O)N2CCCN3CC[C@H](c4ccc(Br)cc4)[C@@H]3C2)nc1. The Morgan fingerprint density at radius 2 is 2.00 bits per heavy atom. The van der Waals surface area contributed by atoms with Gasteiger partial charge in [0.25, 0.3) is 0 Å². The third-order valence-corrected chi connectivity index (χ3v) is 6.26. The number of hydrogen-bond donors (Lipinski definition) is 1. The number of hydrogen-bond acceptors (Lipinski definition) is 4. The van der Waals surface area contributed by atoms with Gasteiger partial charge >= 0.3 is 6.03 Å². The maximum Gasteiger partial charge on any atom is 0.323 e. The van der Waals surface area contributed by atoms with Crippen molar-refractivity contribution in [1.82, 2.24) is 14.8 Å². The first kappa shape index (κ1) is 19.2. The summed E-state index contributed by atoms with van der Waals surface area (Å²) >= 11 is 3.52. The van der Waals surface area contributed by atoms with Crippen LogP contribution in [0.2, 0.25) is 0 Å². The van der Waals surface area contributed by atoms with Crippen LogP contribution in [0, 0.1) is 0 Å². The van der Waals surface area contributed by atoms with Crippen LogP contribution < -0.4 is 10.1 Å². The highest BCUT2D eigenvalue weighted by Gasteiger charge is 2.38. The Balaban J connectivity index is 1.46. The Hall–Kier alpha value is -2.12. The Kier molecular flexibility index (Phi) is 5.82. The molecule has 2 aliphatic heterocycles. The molecule has 2 aromatic rings. The summed E-state index contributed by atoms with van der Waals surface area (Å²) < 4.78 is 6.22. The number of urea groups is 1. The first-order chi connectivity index (χ1) is 13.6. The van der Waals surface area contributed by atoms with E-state index in [9.17, 15) is 4.79 Å². The minimum atomic E-state index is -0.0824. The molecule has 3 heterocycles. The zero-order valence-electron chi connectivity index (χ0n) is 16.0. The molecule has 0 aliphatic carbocycles. The Labute approximate surface area is 174 Å². The lowest BCUT2D eigenvalue weighted by Crippen LogP contribution is -2.43. The number of rotatable bonds is 3. The van der Waals surface area contributed by atoms with Gasteiger partial charge in [-0.25, -0.2) is 9.78 Å². The van der Waals surface area contributed by atoms with Crippen molar-refractivity contribution < 1.29 is 9.53 Å². The summed E-state index contributed by atoms with van der Waals surface area (Å²) in [5.41, 5.74) is 1.36. The smallest absolute Gasteiger partial charge is 0.323 e. The van der Waals surface area contributed by atoms with Crippen LogP contribution in [0.15, 0.2) is 47.1 Å². The van der Waals surface area contributed by atoms with Crippen molar-refractivity contribution >= 4 is 27.8 Å². The van der Waals surface area contributed by atoms with Crippen molar-refractivity contribution in [1.29, 1.82) is 0 Å². The largest absolute Gasteiger partial charge is 0.495 e. The number of methoxy groups -OCH3 is 1. The second kappa shape index (κ2) is 8.49. The maximum absolute atomic E-state index is 12.9. The molecule has 1 N–H and O–H groups in total. The van der Waals surface area contributed by atoms with Crippen LogP contribution in [0.3, 0.4) is 0 Å². The zero-order chi connectivity index (χ0) is 19.5. The van der Waals surface area contributed by atoms with Crippen molar-refractivity contribution in [2.45, 2.75) is 24.8 Å². The average molecular weight is 445 g/mol. The summed E-state index contributed by atoms with van der Waals surface area (Å²) in [6.45, 7) is 3.65. The molecule has 2 amide bonds. The van der Waals surface area contributed by atoms with Crippen LogP contribution in [0.4, 0.5) is 10.6 Å². The molecule has 7 heteroatoms. The molecule has 2 atom stereocenters. The van der Waals surface area contributed by atoms with Crippen LogP contribution in [0.5, 0.6) is 5.75 Å². The van der Waals surface area contributed by atoms with Gasteiger partial charge in [-0.1, -0.05) is 28.1 Å². The quantitative estimate of drug-likeness (QED) is 0.778. The highest BCUT2D eigenvalue weighted by atomic mass is 79.9. The minimum Gasteiger partial charge on any atom is -0.495 e. The van der Waals surface area contributed by atoms with Gasteiger partial charge < -0.3 is 9.64 Å². The number of carbonyl (C=O) groups is 1. The summed E-state index contributed by atoms with van der Waals surface area (Å²) in [7, 11) is 1.60. The first-order valence-electron chi connectivity index (χ1n) is 9.69. The Bertz CT molecular complexity index is 812. The fourth-order valence-corrected chi connectivity index (χ4v) is 4.53. The second-order valence-electron chi connectivity index (χ2n) is 7.36. The van der Waals surface area contributed by atoms with Crippen molar-refractivity contribution in [2.75, 3.05) is 38.6 Å². The topological polar surface area (TPSA) is 57.7 Å². The molecule has 0 unspecified atom stereocenters. The van der Waals surface area contributed by atoms with Crippen LogP contribution >= 0.6 is 15.9 Å². The second-order valence-corrected chi connectivity index (χ2v) is 8.28. The lowest BCUT2D eigenvalue weighted by atomic mass is 9.91. The molecule has 1 aromatic heterocycles. The Morgan fingerprint density at radius 3 is 2.71 bits per heavy atom.